The highest BCUT2D eigenvalue weighted by molar-refractivity contribution is 7.80. The van der Waals surface area contributed by atoms with E-state index in [1.807, 2.05) is 37.3 Å². The third-order valence-electron chi connectivity index (χ3n) is 2.75. The molecule has 0 fully saturated rings. The molecule has 3 nitrogen and oxygen atoms in total. The molecule has 0 aliphatic heterocycles. The number of aromatic nitrogens is 1. The number of anilines is 2. The van der Waals surface area contributed by atoms with Gasteiger partial charge in [0.2, 0.25) is 0 Å². The first-order valence-electron chi connectivity index (χ1n) is 6.28. The highest BCUT2D eigenvalue weighted by Gasteiger charge is 2.00. The van der Waals surface area contributed by atoms with Crippen LogP contribution in [0.4, 0.5) is 11.5 Å². The van der Waals surface area contributed by atoms with Gasteiger partial charge in [0.05, 0.1) is 0 Å². The molecule has 0 atom stereocenters. The maximum absolute atomic E-state index is 5.26. The molecular weight excluding hydrogens is 254 g/mol. The molecule has 0 amide bonds. The van der Waals surface area contributed by atoms with E-state index in [2.05, 4.69) is 34.7 Å². The summed E-state index contributed by atoms with van der Waals surface area (Å²) in [5, 5.41) is 6.75. The Labute approximate surface area is 119 Å². The average Bonchev–Trinajstić information content (AvgIpc) is 2.39. The van der Waals surface area contributed by atoms with Crippen molar-refractivity contribution < 1.29 is 0 Å². The summed E-state index contributed by atoms with van der Waals surface area (Å²) in [4.78, 5) is 4.34. The lowest BCUT2D eigenvalue weighted by Crippen LogP contribution is -2.19. The van der Waals surface area contributed by atoms with E-state index in [-0.39, 0.29) is 0 Å². The predicted molar refractivity (Wildman–Crippen MR) is 84.6 cm³/mol. The van der Waals surface area contributed by atoms with E-state index < -0.39 is 0 Å². The van der Waals surface area contributed by atoms with Crippen molar-refractivity contribution in [2.45, 2.75) is 20.3 Å². The monoisotopic (exact) mass is 271 g/mol. The lowest BCUT2D eigenvalue weighted by atomic mass is 10.1. The summed E-state index contributed by atoms with van der Waals surface area (Å²) in [6, 6.07) is 14.0. The largest absolute Gasteiger partial charge is 0.332 e. The van der Waals surface area contributed by atoms with E-state index in [1.165, 1.54) is 5.56 Å². The highest BCUT2D eigenvalue weighted by Crippen LogP contribution is 2.11. The summed E-state index contributed by atoms with van der Waals surface area (Å²) >= 11 is 5.26. The van der Waals surface area contributed by atoms with Crippen LogP contribution in [0.5, 0.6) is 0 Å². The van der Waals surface area contributed by atoms with Gasteiger partial charge in [0, 0.05) is 11.4 Å². The second kappa shape index (κ2) is 6.29. The number of nitrogens with one attached hydrogen (secondary N) is 2. The van der Waals surface area contributed by atoms with Gasteiger partial charge in [0.25, 0.3) is 0 Å². The summed E-state index contributed by atoms with van der Waals surface area (Å²) in [6.45, 7) is 4.09. The van der Waals surface area contributed by atoms with Gasteiger partial charge in [-0.05, 0) is 55.4 Å². The Hall–Kier alpha value is -1.94. The van der Waals surface area contributed by atoms with E-state index >= 15 is 0 Å². The smallest absolute Gasteiger partial charge is 0.176 e. The zero-order chi connectivity index (χ0) is 13.7. The summed E-state index contributed by atoms with van der Waals surface area (Å²) < 4.78 is 0. The second-order valence-corrected chi connectivity index (χ2v) is 4.70. The number of hydrogen-bond acceptors (Lipinski definition) is 2. The van der Waals surface area contributed by atoms with Crippen LogP contribution in [-0.2, 0) is 6.42 Å². The quantitative estimate of drug-likeness (QED) is 0.833. The Kier molecular flexibility index (Phi) is 4.47. The SMILES string of the molecule is CCc1ccc(NC(=S)Nc2cccc(C)n2)cc1. The van der Waals surface area contributed by atoms with Crippen LogP contribution >= 0.6 is 12.2 Å². The van der Waals surface area contributed by atoms with Crippen LogP contribution in [0.3, 0.4) is 0 Å². The van der Waals surface area contributed by atoms with Crippen molar-refractivity contribution in [1.82, 2.24) is 4.98 Å². The molecule has 98 valence electrons. The van der Waals surface area contributed by atoms with Crippen molar-refractivity contribution in [1.29, 1.82) is 0 Å². The molecule has 4 heteroatoms. The van der Waals surface area contributed by atoms with Crippen LogP contribution in [0.25, 0.3) is 0 Å². The number of benzene rings is 1. The molecule has 1 aromatic carbocycles. The van der Waals surface area contributed by atoms with Gasteiger partial charge >= 0.3 is 0 Å². The van der Waals surface area contributed by atoms with Crippen LogP contribution in [0.1, 0.15) is 18.2 Å². The fraction of sp³-hybridized carbons (Fsp3) is 0.200. The van der Waals surface area contributed by atoms with Crippen molar-refractivity contribution in [2.75, 3.05) is 10.6 Å². The van der Waals surface area contributed by atoms with Crippen molar-refractivity contribution in [3.05, 3.63) is 53.7 Å². The standard InChI is InChI=1S/C15H17N3S/c1-3-12-7-9-13(10-8-12)17-15(19)18-14-6-4-5-11(2)16-14/h4-10H,3H2,1-2H3,(H2,16,17,18,19). The van der Waals surface area contributed by atoms with Gasteiger partial charge in [0.15, 0.2) is 5.11 Å². The molecule has 2 rings (SSSR count). The van der Waals surface area contributed by atoms with Gasteiger partial charge < -0.3 is 10.6 Å². The van der Waals surface area contributed by atoms with Crippen LogP contribution in [0.2, 0.25) is 0 Å². The maximum Gasteiger partial charge on any atom is 0.176 e. The minimum absolute atomic E-state index is 0.544. The summed E-state index contributed by atoms with van der Waals surface area (Å²) in [7, 11) is 0. The van der Waals surface area contributed by atoms with E-state index in [0.29, 0.717) is 5.11 Å². The Morgan fingerprint density at radius 1 is 1.11 bits per heavy atom. The molecule has 0 radical (unpaired) electrons. The molecule has 0 unspecified atom stereocenters. The van der Waals surface area contributed by atoms with Gasteiger partial charge in [-0.25, -0.2) is 4.98 Å². The van der Waals surface area contributed by atoms with Crippen LogP contribution in [-0.4, -0.2) is 10.1 Å². The fourth-order valence-electron chi connectivity index (χ4n) is 1.72. The molecule has 0 spiro atoms. The summed E-state index contributed by atoms with van der Waals surface area (Å²) in [6.07, 6.45) is 1.04. The Balaban J connectivity index is 1.97. The molecule has 0 saturated heterocycles. The van der Waals surface area contributed by atoms with Gasteiger partial charge in [-0.1, -0.05) is 25.1 Å². The molecule has 0 aliphatic carbocycles. The molecule has 0 saturated carbocycles. The number of hydrogen-bond donors (Lipinski definition) is 2. The van der Waals surface area contributed by atoms with Crippen molar-refractivity contribution in [3.63, 3.8) is 0 Å². The summed E-state index contributed by atoms with van der Waals surface area (Å²) in [5.41, 5.74) is 3.24. The minimum atomic E-state index is 0.544. The second-order valence-electron chi connectivity index (χ2n) is 4.29. The van der Waals surface area contributed by atoms with Gasteiger partial charge in [-0.2, -0.15) is 0 Å². The van der Waals surface area contributed by atoms with Crippen molar-refractivity contribution in [2.24, 2.45) is 0 Å². The van der Waals surface area contributed by atoms with E-state index in [9.17, 15) is 0 Å². The molecule has 19 heavy (non-hydrogen) atoms. The average molecular weight is 271 g/mol. The fourth-order valence-corrected chi connectivity index (χ4v) is 1.94. The van der Waals surface area contributed by atoms with Crippen LogP contribution in [0.15, 0.2) is 42.5 Å². The molecule has 0 bridgehead atoms. The zero-order valence-corrected chi connectivity index (χ0v) is 11.9. The Morgan fingerprint density at radius 2 is 1.84 bits per heavy atom. The first-order chi connectivity index (χ1) is 9.17. The van der Waals surface area contributed by atoms with Gasteiger partial charge in [0.1, 0.15) is 5.82 Å². The molecule has 2 N–H and O–H groups in total. The number of pyridine rings is 1. The third-order valence-corrected chi connectivity index (χ3v) is 2.95. The lowest BCUT2D eigenvalue weighted by molar-refractivity contribution is 1.14. The highest BCUT2D eigenvalue weighted by atomic mass is 32.1. The van der Waals surface area contributed by atoms with Crippen LogP contribution in [0, 0.1) is 6.92 Å². The molecule has 0 aliphatic rings. The van der Waals surface area contributed by atoms with Crippen molar-refractivity contribution >= 4 is 28.8 Å². The number of aryl methyl sites for hydroxylation is 2. The molecule has 1 heterocycles. The molecule has 1 aromatic heterocycles. The van der Waals surface area contributed by atoms with E-state index in [0.717, 1.165) is 23.6 Å². The first kappa shape index (κ1) is 13.5. The Bertz CT molecular complexity index is 564. The first-order valence-corrected chi connectivity index (χ1v) is 6.69. The zero-order valence-electron chi connectivity index (χ0n) is 11.1. The molecular formula is C15H17N3S. The summed E-state index contributed by atoms with van der Waals surface area (Å²) in [5.74, 6) is 0.752. The number of thiocarbonyl (C=S) groups is 1. The van der Waals surface area contributed by atoms with E-state index in [1.54, 1.807) is 0 Å². The minimum Gasteiger partial charge on any atom is -0.332 e. The normalized spacial score (nSPS) is 10.0. The van der Waals surface area contributed by atoms with E-state index in [4.69, 9.17) is 12.2 Å². The topological polar surface area (TPSA) is 37.0 Å². The molecule has 2 aromatic rings. The number of nitrogens with zero attached hydrogens (tertiary/aromatic N) is 1. The van der Waals surface area contributed by atoms with Gasteiger partial charge in [-0.15, -0.1) is 0 Å². The maximum atomic E-state index is 5.26. The van der Waals surface area contributed by atoms with Crippen LogP contribution < -0.4 is 10.6 Å². The Morgan fingerprint density at radius 3 is 2.47 bits per heavy atom. The third kappa shape index (κ3) is 4.03. The van der Waals surface area contributed by atoms with Crippen molar-refractivity contribution in [3.8, 4) is 0 Å². The predicted octanol–water partition coefficient (Wildman–Crippen LogP) is 3.76. The lowest BCUT2D eigenvalue weighted by Gasteiger charge is -2.10. The number of rotatable bonds is 3. The van der Waals surface area contributed by atoms with Gasteiger partial charge in [-0.3, -0.25) is 0 Å².